The standard InChI is InChI=1S/C17H36.C7H16O.C5H10O.2C2H6/c1-9-11-15(16(5,6)10-2)12-13-17(7,8)14(3)4;1-4-5-6-7(2,3)8;1-2-3-4-5-6;2*1-2/h14-15H,9-13H2,1-8H3;8H,4-6H2,1-3H3;2-3,6H,4-5H2,1H3;2*1-2H3/b;;3-2+;;. The lowest BCUT2D eigenvalue weighted by Crippen LogP contribution is -2.27. The zero-order chi connectivity index (χ0) is 29.1. The molecule has 35 heavy (non-hydrogen) atoms. The molecule has 0 aliphatic rings. The molecule has 0 fully saturated rings. The molecule has 0 saturated carbocycles. The average Bonchev–Trinajstić information content (AvgIpc) is 2.81. The highest BCUT2D eigenvalue weighted by atomic mass is 16.3. The normalized spacial score (nSPS) is 12.3. The Balaban J connectivity index is -0.000000138. The van der Waals surface area contributed by atoms with Gasteiger partial charge in [0.1, 0.15) is 0 Å². The van der Waals surface area contributed by atoms with Crippen molar-refractivity contribution in [2.24, 2.45) is 22.7 Å². The van der Waals surface area contributed by atoms with Crippen LogP contribution >= 0.6 is 0 Å². The van der Waals surface area contributed by atoms with Crippen molar-refractivity contribution >= 4 is 0 Å². The molecule has 218 valence electrons. The maximum atomic E-state index is 9.15. The molecule has 0 spiro atoms. The van der Waals surface area contributed by atoms with Crippen LogP contribution in [-0.2, 0) is 0 Å². The first-order valence-corrected chi connectivity index (χ1v) is 15.1. The fourth-order valence-corrected chi connectivity index (χ4v) is 3.25. The minimum atomic E-state index is -0.448. The van der Waals surface area contributed by atoms with Crippen molar-refractivity contribution in [2.75, 3.05) is 6.61 Å². The smallest absolute Gasteiger partial charge is 0.0591 e. The number of unbranched alkanes of at least 4 members (excludes halogenated alkanes) is 1. The van der Waals surface area contributed by atoms with Gasteiger partial charge < -0.3 is 10.2 Å². The van der Waals surface area contributed by atoms with Gasteiger partial charge in [0.05, 0.1) is 5.60 Å². The molecule has 0 radical (unpaired) electrons. The second-order valence-corrected chi connectivity index (χ2v) is 11.5. The van der Waals surface area contributed by atoms with E-state index in [1.807, 2.05) is 60.6 Å². The largest absolute Gasteiger partial charge is 0.396 e. The van der Waals surface area contributed by atoms with E-state index in [0.717, 1.165) is 31.1 Å². The van der Waals surface area contributed by atoms with Crippen LogP contribution in [0.1, 0.15) is 169 Å². The molecule has 1 unspecified atom stereocenters. The second-order valence-electron chi connectivity index (χ2n) is 11.5. The monoisotopic (exact) mass is 503 g/mol. The van der Waals surface area contributed by atoms with E-state index in [2.05, 4.69) is 62.3 Å². The van der Waals surface area contributed by atoms with Crippen LogP contribution in [0.25, 0.3) is 0 Å². The Hall–Kier alpha value is -0.340. The lowest BCUT2D eigenvalue weighted by Gasteiger charge is -2.37. The van der Waals surface area contributed by atoms with Crippen LogP contribution in [0.4, 0.5) is 0 Å². The van der Waals surface area contributed by atoms with Crippen LogP contribution in [0.15, 0.2) is 12.2 Å². The van der Waals surface area contributed by atoms with Gasteiger partial charge in [-0.1, -0.05) is 134 Å². The fourth-order valence-electron chi connectivity index (χ4n) is 3.25. The Kier molecular flexibility index (Phi) is 36.0. The first-order chi connectivity index (χ1) is 16.1. The van der Waals surface area contributed by atoms with Crippen molar-refractivity contribution in [3.63, 3.8) is 0 Å². The first kappa shape index (κ1) is 44.6. The molecule has 2 nitrogen and oxygen atoms in total. The van der Waals surface area contributed by atoms with E-state index >= 15 is 0 Å². The Morgan fingerprint density at radius 3 is 1.46 bits per heavy atom. The van der Waals surface area contributed by atoms with Gasteiger partial charge in [0.25, 0.3) is 0 Å². The molecule has 1 atom stereocenters. The van der Waals surface area contributed by atoms with E-state index in [-0.39, 0.29) is 6.61 Å². The highest BCUT2D eigenvalue weighted by Gasteiger charge is 2.30. The molecule has 0 aliphatic carbocycles. The molecule has 0 heterocycles. The molecule has 2 N–H and O–H groups in total. The third-order valence-electron chi connectivity index (χ3n) is 7.03. The summed E-state index contributed by atoms with van der Waals surface area (Å²) >= 11 is 0. The SMILES string of the molecule is C/C=C/CCO.CC.CC.CCCC(CCC(C)(C)C(C)C)C(C)(C)CC.CCCCC(C)(C)O. The van der Waals surface area contributed by atoms with Crippen molar-refractivity contribution in [2.45, 2.75) is 174 Å². The molecule has 0 aromatic rings. The molecule has 0 aromatic heterocycles. The van der Waals surface area contributed by atoms with Crippen molar-refractivity contribution < 1.29 is 10.2 Å². The number of hydrogen-bond donors (Lipinski definition) is 2. The minimum Gasteiger partial charge on any atom is -0.396 e. The molecule has 0 bridgehead atoms. The molecule has 2 heteroatoms. The van der Waals surface area contributed by atoms with Crippen molar-refractivity contribution in [1.82, 2.24) is 0 Å². The first-order valence-electron chi connectivity index (χ1n) is 15.1. The van der Waals surface area contributed by atoms with E-state index in [1.54, 1.807) is 0 Å². The maximum Gasteiger partial charge on any atom is 0.0591 e. The number of aliphatic hydroxyl groups excluding tert-OH is 1. The summed E-state index contributed by atoms with van der Waals surface area (Å²) in [6.45, 7) is 35.2. The van der Waals surface area contributed by atoms with Crippen LogP contribution in [0, 0.1) is 22.7 Å². The van der Waals surface area contributed by atoms with E-state index in [0.29, 0.717) is 10.8 Å². The van der Waals surface area contributed by atoms with Crippen molar-refractivity contribution in [1.29, 1.82) is 0 Å². The summed E-state index contributed by atoms with van der Waals surface area (Å²) in [4.78, 5) is 0. The molecular weight excluding hydrogens is 428 g/mol. The Bertz CT molecular complexity index is 400. The summed E-state index contributed by atoms with van der Waals surface area (Å²) < 4.78 is 0. The van der Waals surface area contributed by atoms with Crippen molar-refractivity contribution in [3.05, 3.63) is 12.2 Å². The Labute approximate surface area is 225 Å². The third kappa shape index (κ3) is 33.7. The van der Waals surface area contributed by atoms with Gasteiger partial charge in [-0.15, -0.1) is 0 Å². The average molecular weight is 503 g/mol. The summed E-state index contributed by atoms with van der Waals surface area (Å²) in [5.74, 6) is 1.69. The van der Waals surface area contributed by atoms with Gasteiger partial charge in [-0.2, -0.15) is 0 Å². The molecule has 0 aliphatic heterocycles. The quantitative estimate of drug-likeness (QED) is 0.246. The molecule has 0 rings (SSSR count). The number of rotatable bonds is 13. The third-order valence-corrected chi connectivity index (χ3v) is 7.03. The Morgan fingerprint density at radius 1 is 0.743 bits per heavy atom. The summed E-state index contributed by atoms with van der Waals surface area (Å²) in [5.41, 5.74) is 0.564. The highest BCUT2D eigenvalue weighted by Crippen LogP contribution is 2.41. The maximum absolute atomic E-state index is 9.15. The predicted octanol–water partition coefficient (Wildman–Crippen LogP) is 11.2. The topological polar surface area (TPSA) is 40.5 Å². The minimum absolute atomic E-state index is 0.268. The van der Waals surface area contributed by atoms with Gasteiger partial charge in [0, 0.05) is 6.61 Å². The summed E-state index contributed by atoms with van der Waals surface area (Å²) in [7, 11) is 0. The zero-order valence-corrected chi connectivity index (χ0v) is 27.8. The lowest BCUT2D eigenvalue weighted by atomic mass is 9.68. The van der Waals surface area contributed by atoms with Crippen LogP contribution < -0.4 is 0 Å². The lowest BCUT2D eigenvalue weighted by molar-refractivity contribution is 0.0686. The van der Waals surface area contributed by atoms with Crippen LogP contribution in [0.3, 0.4) is 0 Å². The van der Waals surface area contributed by atoms with E-state index in [9.17, 15) is 0 Å². The van der Waals surface area contributed by atoms with E-state index < -0.39 is 5.60 Å². The number of allylic oxidation sites excluding steroid dienone is 1. The summed E-state index contributed by atoms with van der Waals surface area (Å²) in [6.07, 6.45) is 14.7. The molecule has 0 amide bonds. The molecule has 0 aromatic carbocycles. The zero-order valence-electron chi connectivity index (χ0n) is 27.8. The van der Waals surface area contributed by atoms with E-state index in [4.69, 9.17) is 10.2 Å². The highest BCUT2D eigenvalue weighted by molar-refractivity contribution is 4.81. The van der Waals surface area contributed by atoms with Crippen molar-refractivity contribution in [3.8, 4) is 0 Å². The molecular formula is C33H74O2. The van der Waals surface area contributed by atoms with Gasteiger partial charge in [0.15, 0.2) is 0 Å². The van der Waals surface area contributed by atoms with E-state index in [1.165, 1.54) is 38.5 Å². The summed E-state index contributed by atoms with van der Waals surface area (Å²) in [5, 5.41) is 17.3. The van der Waals surface area contributed by atoms with Crippen LogP contribution in [0.2, 0.25) is 0 Å². The fraction of sp³-hybridized carbons (Fsp3) is 0.939. The van der Waals surface area contributed by atoms with Gasteiger partial charge in [-0.05, 0) is 69.1 Å². The number of hydrogen-bond acceptors (Lipinski definition) is 2. The molecule has 0 saturated heterocycles. The predicted molar refractivity (Wildman–Crippen MR) is 165 cm³/mol. The Morgan fingerprint density at radius 2 is 1.23 bits per heavy atom. The van der Waals surface area contributed by atoms with Gasteiger partial charge in [-0.25, -0.2) is 0 Å². The van der Waals surface area contributed by atoms with Crippen LogP contribution in [-0.4, -0.2) is 22.4 Å². The van der Waals surface area contributed by atoms with Gasteiger partial charge in [-0.3, -0.25) is 0 Å². The summed E-state index contributed by atoms with van der Waals surface area (Å²) in [6, 6.07) is 0. The van der Waals surface area contributed by atoms with Gasteiger partial charge >= 0.3 is 0 Å². The number of aliphatic hydroxyl groups is 2. The van der Waals surface area contributed by atoms with Crippen LogP contribution in [0.5, 0.6) is 0 Å². The second kappa shape index (κ2) is 28.2. The van der Waals surface area contributed by atoms with Gasteiger partial charge in [0.2, 0.25) is 0 Å².